The molecule has 0 saturated carbocycles. The van der Waals surface area contributed by atoms with Crippen molar-refractivity contribution in [2.24, 2.45) is 0 Å². The maximum atomic E-state index is 2.52. The number of rotatable bonds is 6. The van der Waals surface area contributed by atoms with Gasteiger partial charge in [-0.1, -0.05) is 185 Å². The first-order chi connectivity index (χ1) is 26.8. The highest BCUT2D eigenvalue weighted by Crippen LogP contribution is 2.55. The second-order valence-corrected chi connectivity index (χ2v) is 16.1. The van der Waals surface area contributed by atoms with Gasteiger partial charge in [0.05, 0.1) is 5.69 Å². The van der Waals surface area contributed by atoms with E-state index >= 15 is 0 Å². The first kappa shape index (κ1) is 33.2. The fourth-order valence-electron chi connectivity index (χ4n) is 9.56. The van der Waals surface area contributed by atoms with Crippen LogP contribution in [0, 0.1) is 0 Å². The van der Waals surface area contributed by atoms with Crippen LogP contribution in [-0.2, 0) is 10.8 Å². The number of anilines is 3. The van der Waals surface area contributed by atoms with E-state index < -0.39 is 0 Å². The Hall–Kier alpha value is -6.44. The molecular weight excluding hydrogens is 663 g/mol. The van der Waals surface area contributed by atoms with Gasteiger partial charge < -0.3 is 4.90 Å². The Balaban J connectivity index is 1.29. The van der Waals surface area contributed by atoms with Gasteiger partial charge in [0.2, 0.25) is 0 Å². The predicted molar refractivity (Wildman–Crippen MR) is 233 cm³/mol. The summed E-state index contributed by atoms with van der Waals surface area (Å²) in [5.74, 6) is 0. The fourth-order valence-corrected chi connectivity index (χ4v) is 9.56. The summed E-state index contributed by atoms with van der Waals surface area (Å²) in [6.07, 6.45) is 0. The SMILES string of the molecule is CC1(C)c2ccccc2-c2cc(N(c3ccc4c(c3)-c3ccccc3C4(C)C)c3cccc(-c4ccccc4)c3-c3ccccc3-c3ccccc3)ccc21. The molecule has 264 valence electrons. The molecule has 8 aromatic rings. The van der Waals surface area contributed by atoms with E-state index in [4.69, 9.17) is 0 Å². The topological polar surface area (TPSA) is 3.24 Å². The molecule has 1 nitrogen and oxygen atoms in total. The molecular formula is C54H43N. The van der Waals surface area contributed by atoms with Crippen molar-refractivity contribution in [1.29, 1.82) is 0 Å². The highest BCUT2D eigenvalue weighted by molar-refractivity contribution is 6.02. The summed E-state index contributed by atoms with van der Waals surface area (Å²) in [7, 11) is 0. The fraction of sp³-hybridized carbons (Fsp3) is 0.111. The largest absolute Gasteiger partial charge is 0.310 e. The molecule has 0 saturated heterocycles. The lowest BCUT2D eigenvalue weighted by Crippen LogP contribution is -2.16. The molecule has 0 radical (unpaired) electrons. The second-order valence-electron chi connectivity index (χ2n) is 16.1. The van der Waals surface area contributed by atoms with Crippen molar-refractivity contribution in [2.75, 3.05) is 4.90 Å². The van der Waals surface area contributed by atoms with Crippen LogP contribution in [0.3, 0.4) is 0 Å². The Bertz CT molecular complexity index is 2650. The molecule has 0 bridgehead atoms. The molecule has 1 heteroatoms. The highest BCUT2D eigenvalue weighted by atomic mass is 15.1. The van der Waals surface area contributed by atoms with Crippen LogP contribution in [0.25, 0.3) is 55.6 Å². The summed E-state index contributed by atoms with van der Waals surface area (Å²) in [5.41, 5.74) is 21.2. The van der Waals surface area contributed by atoms with E-state index in [0.29, 0.717) is 0 Å². The molecule has 0 aromatic heterocycles. The van der Waals surface area contributed by atoms with E-state index in [0.717, 1.165) is 17.1 Å². The number of hydrogen-bond donors (Lipinski definition) is 0. The zero-order valence-corrected chi connectivity index (χ0v) is 31.8. The maximum absolute atomic E-state index is 2.52. The number of hydrogen-bond acceptors (Lipinski definition) is 1. The summed E-state index contributed by atoms with van der Waals surface area (Å²) in [5, 5.41) is 0. The number of benzene rings is 8. The van der Waals surface area contributed by atoms with Crippen LogP contribution >= 0.6 is 0 Å². The van der Waals surface area contributed by atoms with Gasteiger partial charge in [0, 0.05) is 27.8 Å². The first-order valence-electron chi connectivity index (χ1n) is 19.4. The molecule has 0 spiro atoms. The van der Waals surface area contributed by atoms with Crippen LogP contribution in [0.15, 0.2) is 188 Å². The van der Waals surface area contributed by atoms with Crippen molar-refractivity contribution in [3.8, 4) is 55.6 Å². The number of nitrogens with zero attached hydrogens (tertiary/aromatic N) is 1. The maximum Gasteiger partial charge on any atom is 0.0546 e. The van der Waals surface area contributed by atoms with Gasteiger partial charge in [0.15, 0.2) is 0 Å². The minimum atomic E-state index is -0.0782. The van der Waals surface area contributed by atoms with E-state index in [2.05, 4.69) is 221 Å². The Morgan fingerprint density at radius 3 is 1.24 bits per heavy atom. The molecule has 2 aliphatic carbocycles. The van der Waals surface area contributed by atoms with Crippen molar-refractivity contribution in [3.63, 3.8) is 0 Å². The first-order valence-corrected chi connectivity index (χ1v) is 19.4. The average molecular weight is 706 g/mol. The second kappa shape index (κ2) is 12.6. The Labute approximate surface area is 325 Å². The van der Waals surface area contributed by atoms with Gasteiger partial charge >= 0.3 is 0 Å². The minimum absolute atomic E-state index is 0.0782. The van der Waals surface area contributed by atoms with Crippen LogP contribution in [0.2, 0.25) is 0 Å². The summed E-state index contributed by atoms with van der Waals surface area (Å²) >= 11 is 0. The molecule has 0 amide bonds. The third-order valence-corrected chi connectivity index (χ3v) is 12.3. The van der Waals surface area contributed by atoms with Crippen molar-refractivity contribution in [2.45, 2.75) is 38.5 Å². The zero-order chi connectivity index (χ0) is 37.3. The Morgan fingerprint density at radius 1 is 0.309 bits per heavy atom. The van der Waals surface area contributed by atoms with Gasteiger partial charge in [-0.25, -0.2) is 0 Å². The van der Waals surface area contributed by atoms with Crippen LogP contribution in [0.5, 0.6) is 0 Å². The van der Waals surface area contributed by atoms with Crippen molar-refractivity contribution >= 4 is 17.1 Å². The smallest absolute Gasteiger partial charge is 0.0546 e. The summed E-state index contributed by atoms with van der Waals surface area (Å²) in [4.78, 5) is 2.52. The van der Waals surface area contributed by atoms with E-state index in [1.165, 1.54) is 77.9 Å². The van der Waals surface area contributed by atoms with E-state index in [1.54, 1.807) is 0 Å². The van der Waals surface area contributed by atoms with Gasteiger partial charge in [-0.15, -0.1) is 0 Å². The standard InChI is InChI=1S/C54H43N/c1-53(2)47-27-15-13-23-42(47)45-34-38(30-32-49(45)53)55(39-31-33-50-46(35-39)43-24-14-16-28-48(43)54(50,3)4)51-29-17-26-41(37-20-9-6-10-21-37)52(51)44-25-12-11-22-40(44)36-18-7-5-8-19-36/h5-35H,1-4H3. The molecule has 0 atom stereocenters. The number of fused-ring (bicyclic) bond motifs is 6. The summed E-state index contributed by atoms with van der Waals surface area (Å²) < 4.78 is 0. The van der Waals surface area contributed by atoms with Crippen LogP contribution in [0.1, 0.15) is 49.9 Å². The average Bonchev–Trinajstić information content (AvgIpc) is 3.60. The quantitative estimate of drug-likeness (QED) is 0.166. The summed E-state index contributed by atoms with van der Waals surface area (Å²) in [6, 6.07) is 69.7. The molecule has 55 heavy (non-hydrogen) atoms. The Kier molecular flexibility index (Phi) is 7.58. The van der Waals surface area contributed by atoms with Crippen LogP contribution in [-0.4, -0.2) is 0 Å². The molecule has 10 rings (SSSR count). The molecule has 0 unspecified atom stereocenters. The third-order valence-electron chi connectivity index (χ3n) is 12.3. The van der Waals surface area contributed by atoms with Gasteiger partial charge in [0.1, 0.15) is 0 Å². The van der Waals surface area contributed by atoms with Gasteiger partial charge in [0.25, 0.3) is 0 Å². The van der Waals surface area contributed by atoms with Gasteiger partial charge in [-0.05, 0) is 103 Å². The van der Waals surface area contributed by atoms with Gasteiger partial charge in [-0.3, -0.25) is 0 Å². The van der Waals surface area contributed by atoms with E-state index in [-0.39, 0.29) is 10.8 Å². The van der Waals surface area contributed by atoms with Crippen LogP contribution < -0.4 is 4.90 Å². The summed E-state index contributed by atoms with van der Waals surface area (Å²) in [6.45, 7) is 9.43. The highest BCUT2D eigenvalue weighted by Gasteiger charge is 2.37. The monoisotopic (exact) mass is 705 g/mol. The molecule has 0 heterocycles. The predicted octanol–water partition coefficient (Wildman–Crippen LogP) is 14.8. The molecule has 0 aliphatic heterocycles. The molecule has 2 aliphatic rings. The lowest BCUT2D eigenvalue weighted by Gasteiger charge is -2.31. The zero-order valence-electron chi connectivity index (χ0n) is 31.8. The van der Waals surface area contributed by atoms with E-state index in [1.807, 2.05) is 0 Å². The minimum Gasteiger partial charge on any atom is -0.310 e. The van der Waals surface area contributed by atoms with Crippen LogP contribution in [0.4, 0.5) is 17.1 Å². The van der Waals surface area contributed by atoms with Gasteiger partial charge in [-0.2, -0.15) is 0 Å². The van der Waals surface area contributed by atoms with Crippen molar-refractivity contribution in [1.82, 2.24) is 0 Å². The molecule has 0 N–H and O–H groups in total. The molecule has 0 fully saturated rings. The van der Waals surface area contributed by atoms with Crippen molar-refractivity contribution < 1.29 is 0 Å². The van der Waals surface area contributed by atoms with Crippen molar-refractivity contribution in [3.05, 3.63) is 210 Å². The lowest BCUT2D eigenvalue weighted by molar-refractivity contribution is 0.660. The Morgan fingerprint density at radius 2 is 0.709 bits per heavy atom. The normalized spacial score (nSPS) is 14.1. The molecule has 8 aromatic carbocycles. The third kappa shape index (κ3) is 5.14. The van der Waals surface area contributed by atoms with E-state index in [9.17, 15) is 0 Å². The lowest BCUT2D eigenvalue weighted by atomic mass is 9.82.